The fourth-order valence-corrected chi connectivity index (χ4v) is 2.49. The van der Waals surface area contributed by atoms with E-state index in [1.807, 2.05) is 22.2 Å². The maximum absolute atomic E-state index is 11.0. The van der Waals surface area contributed by atoms with Gasteiger partial charge in [-0.1, -0.05) is 0 Å². The van der Waals surface area contributed by atoms with Gasteiger partial charge in [-0.2, -0.15) is 0 Å². The summed E-state index contributed by atoms with van der Waals surface area (Å²) in [6.45, 7) is 0.475. The Balaban J connectivity index is 1.94. The summed E-state index contributed by atoms with van der Waals surface area (Å²) in [5.41, 5.74) is 1.14. The number of thiazole rings is 1. The predicted molar refractivity (Wildman–Crippen MR) is 63.6 cm³/mol. The average molecular weight is 247 g/mol. The molecule has 0 radical (unpaired) electrons. The van der Waals surface area contributed by atoms with Crippen molar-refractivity contribution in [2.45, 2.75) is 6.54 Å². The molecule has 0 fully saturated rings. The van der Waals surface area contributed by atoms with Crippen LogP contribution in [0.5, 0.6) is 0 Å². The topological polar surface area (TPSA) is 59.5 Å². The zero-order valence-corrected chi connectivity index (χ0v) is 9.59. The Morgan fingerprint density at radius 3 is 3.12 bits per heavy atom. The molecule has 5 nitrogen and oxygen atoms in total. The summed E-state index contributed by atoms with van der Waals surface area (Å²) in [5.74, 6) is -0.920. The minimum absolute atomic E-state index is 0.279. The van der Waals surface area contributed by atoms with Crippen LogP contribution in [-0.2, 0) is 6.54 Å². The highest BCUT2D eigenvalue weighted by Crippen LogP contribution is 2.13. The molecule has 0 saturated carbocycles. The number of carboxylic acids is 1. The third-order valence-corrected chi connectivity index (χ3v) is 3.29. The smallest absolute Gasteiger partial charge is 0.352 e. The molecule has 1 N–H and O–H groups in total. The molecule has 0 aliphatic rings. The highest BCUT2D eigenvalue weighted by atomic mass is 32.1. The summed E-state index contributed by atoms with van der Waals surface area (Å²) in [6.07, 6.45) is 5.60. The number of aromatic carboxylic acids is 1. The Morgan fingerprint density at radius 1 is 1.47 bits per heavy atom. The normalized spacial score (nSPS) is 11.1. The van der Waals surface area contributed by atoms with Crippen molar-refractivity contribution >= 4 is 22.3 Å². The number of nitrogens with zero attached hydrogens (tertiary/aromatic N) is 3. The van der Waals surface area contributed by atoms with E-state index in [1.54, 1.807) is 34.2 Å². The van der Waals surface area contributed by atoms with Crippen molar-refractivity contribution in [3.8, 4) is 0 Å². The molecule has 0 aliphatic carbocycles. The number of carboxylic acid groups (broad SMARTS) is 1. The average Bonchev–Trinajstić information content (AvgIpc) is 2.91. The highest BCUT2D eigenvalue weighted by molar-refractivity contribution is 7.15. The van der Waals surface area contributed by atoms with E-state index in [1.165, 1.54) is 0 Å². The van der Waals surface area contributed by atoms with Crippen LogP contribution < -0.4 is 0 Å². The summed E-state index contributed by atoms with van der Waals surface area (Å²) < 4.78 is 3.61. The maximum Gasteiger partial charge on any atom is 0.352 e. The Bertz CT molecular complexity index is 651. The van der Waals surface area contributed by atoms with Gasteiger partial charge in [0.25, 0.3) is 0 Å². The van der Waals surface area contributed by atoms with E-state index in [4.69, 9.17) is 5.11 Å². The lowest BCUT2D eigenvalue weighted by Crippen LogP contribution is -2.08. The van der Waals surface area contributed by atoms with E-state index in [2.05, 4.69) is 4.98 Å². The molecule has 3 heterocycles. The lowest BCUT2D eigenvalue weighted by Gasteiger charge is -2.02. The largest absolute Gasteiger partial charge is 0.477 e. The molecule has 0 bridgehead atoms. The Kier molecular flexibility index (Phi) is 2.22. The molecular weight excluding hydrogens is 238 g/mol. The number of hydrogen-bond donors (Lipinski definition) is 1. The molecule has 0 amide bonds. The summed E-state index contributed by atoms with van der Waals surface area (Å²) >= 11 is 1.56. The first-order valence-electron chi connectivity index (χ1n) is 5.03. The molecule has 3 aromatic rings. The van der Waals surface area contributed by atoms with Crippen LogP contribution in [0.1, 0.15) is 16.2 Å². The second-order valence-electron chi connectivity index (χ2n) is 3.65. The van der Waals surface area contributed by atoms with Gasteiger partial charge in [-0.25, -0.2) is 9.78 Å². The van der Waals surface area contributed by atoms with Crippen LogP contribution >= 0.6 is 11.3 Å². The molecule has 86 valence electrons. The van der Waals surface area contributed by atoms with E-state index >= 15 is 0 Å². The summed E-state index contributed by atoms with van der Waals surface area (Å²) in [6, 6.07) is 3.31. The van der Waals surface area contributed by atoms with Gasteiger partial charge in [0, 0.05) is 24.0 Å². The number of hydrogen-bond acceptors (Lipinski definition) is 3. The van der Waals surface area contributed by atoms with Crippen molar-refractivity contribution in [1.29, 1.82) is 0 Å². The molecule has 0 spiro atoms. The Hall–Kier alpha value is -2.08. The Morgan fingerprint density at radius 2 is 2.35 bits per heavy atom. The second kappa shape index (κ2) is 3.74. The minimum Gasteiger partial charge on any atom is -0.477 e. The van der Waals surface area contributed by atoms with Crippen LogP contribution in [-0.4, -0.2) is 25.0 Å². The molecule has 0 saturated heterocycles. The molecular formula is C11H9N3O2S. The minimum atomic E-state index is -0.920. The van der Waals surface area contributed by atoms with Crippen molar-refractivity contribution in [3.05, 3.63) is 47.5 Å². The number of fused-ring (bicyclic) bond motifs is 1. The second-order valence-corrected chi connectivity index (χ2v) is 4.52. The van der Waals surface area contributed by atoms with Crippen LogP contribution in [0.4, 0.5) is 0 Å². The van der Waals surface area contributed by atoms with Crippen LogP contribution in [0.15, 0.2) is 36.1 Å². The van der Waals surface area contributed by atoms with Gasteiger partial charge in [-0.3, -0.25) is 4.40 Å². The molecule has 6 heteroatoms. The first-order chi connectivity index (χ1) is 8.24. The van der Waals surface area contributed by atoms with Gasteiger partial charge in [-0.05, 0) is 12.1 Å². The van der Waals surface area contributed by atoms with E-state index in [-0.39, 0.29) is 5.69 Å². The van der Waals surface area contributed by atoms with Crippen LogP contribution in [0, 0.1) is 0 Å². The van der Waals surface area contributed by atoms with Crippen molar-refractivity contribution in [3.63, 3.8) is 0 Å². The predicted octanol–water partition coefficient (Wildman–Crippen LogP) is 1.94. The number of aromatic nitrogens is 3. The van der Waals surface area contributed by atoms with Crippen LogP contribution in [0.3, 0.4) is 0 Å². The monoisotopic (exact) mass is 247 g/mol. The molecule has 3 rings (SSSR count). The van der Waals surface area contributed by atoms with Gasteiger partial charge in [0.2, 0.25) is 0 Å². The van der Waals surface area contributed by atoms with Gasteiger partial charge >= 0.3 is 5.97 Å². The van der Waals surface area contributed by atoms with Gasteiger partial charge in [0.1, 0.15) is 5.69 Å². The standard InChI is InChI=1S/C11H9N3O2S/c15-10(16)9-2-1-3-13(9)6-8-7-14-4-5-17-11(14)12-8/h1-5,7H,6H2,(H,15,16). The maximum atomic E-state index is 11.0. The van der Waals surface area contributed by atoms with Crippen molar-refractivity contribution < 1.29 is 9.90 Å². The van der Waals surface area contributed by atoms with E-state index in [0.717, 1.165) is 10.7 Å². The van der Waals surface area contributed by atoms with Gasteiger partial charge in [-0.15, -0.1) is 11.3 Å². The van der Waals surface area contributed by atoms with E-state index in [9.17, 15) is 4.79 Å². The zero-order chi connectivity index (χ0) is 11.8. The highest BCUT2D eigenvalue weighted by Gasteiger charge is 2.10. The van der Waals surface area contributed by atoms with Gasteiger partial charge < -0.3 is 9.67 Å². The third kappa shape index (κ3) is 1.72. The number of imidazole rings is 1. The summed E-state index contributed by atoms with van der Waals surface area (Å²) in [5, 5.41) is 11.0. The molecule has 17 heavy (non-hydrogen) atoms. The first kappa shape index (κ1) is 10.1. The van der Waals surface area contributed by atoms with E-state index in [0.29, 0.717) is 6.54 Å². The third-order valence-electron chi connectivity index (χ3n) is 2.52. The van der Waals surface area contributed by atoms with Crippen LogP contribution in [0.25, 0.3) is 4.96 Å². The fourth-order valence-electron chi connectivity index (χ4n) is 1.77. The lowest BCUT2D eigenvalue weighted by atomic mass is 10.4. The molecule has 0 atom stereocenters. The summed E-state index contributed by atoms with van der Waals surface area (Å²) in [7, 11) is 0. The lowest BCUT2D eigenvalue weighted by molar-refractivity contribution is 0.0685. The van der Waals surface area contributed by atoms with Crippen molar-refractivity contribution in [2.24, 2.45) is 0 Å². The SMILES string of the molecule is O=C(O)c1cccn1Cc1cn2ccsc2n1. The quantitative estimate of drug-likeness (QED) is 0.769. The number of rotatable bonds is 3. The van der Waals surface area contributed by atoms with Gasteiger partial charge in [0.15, 0.2) is 4.96 Å². The van der Waals surface area contributed by atoms with Gasteiger partial charge in [0.05, 0.1) is 12.2 Å². The summed E-state index contributed by atoms with van der Waals surface area (Å²) in [4.78, 5) is 16.3. The fraction of sp³-hybridized carbons (Fsp3) is 0.0909. The molecule has 0 aromatic carbocycles. The first-order valence-corrected chi connectivity index (χ1v) is 5.91. The molecule has 0 unspecified atom stereocenters. The Labute approximate surface area is 101 Å². The number of carbonyl (C=O) groups is 1. The van der Waals surface area contributed by atoms with Crippen LogP contribution in [0.2, 0.25) is 0 Å². The molecule has 0 aliphatic heterocycles. The van der Waals surface area contributed by atoms with Crippen molar-refractivity contribution in [1.82, 2.24) is 14.0 Å². The van der Waals surface area contributed by atoms with Crippen molar-refractivity contribution in [2.75, 3.05) is 0 Å². The zero-order valence-electron chi connectivity index (χ0n) is 8.78. The van der Waals surface area contributed by atoms with E-state index < -0.39 is 5.97 Å². The molecule has 3 aromatic heterocycles.